The Morgan fingerprint density at radius 2 is 2.00 bits per heavy atom. The summed E-state index contributed by atoms with van der Waals surface area (Å²) in [4.78, 5) is 10.5. The van der Waals surface area contributed by atoms with Gasteiger partial charge in [0.05, 0.1) is 12.4 Å². The predicted octanol–water partition coefficient (Wildman–Crippen LogP) is 1.13. The molecule has 7 nitrogen and oxygen atoms in total. The van der Waals surface area contributed by atoms with Gasteiger partial charge < -0.3 is 9.64 Å². The maximum Gasteiger partial charge on any atom is 0.218 e. The van der Waals surface area contributed by atoms with Crippen LogP contribution in [0.4, 0.5) is 5.82 Å². The van der Waals surface area contributed by atoms with Crippen LogP contribution in [0, 0.1) is 0 Å². The minimum atomic E-state index is -3.12. The van der Waals surface area contributed by atoms with Crippen LogP contribution >= 0.6 is 0 Å². The monoisotopic (exact) mass is 328 g/mol. The second-order valence-electron chi connectivity index (χ2n) is 5.28. The lowest BCUT2D eigenvalue weighted by molar-refractivity contribution is 0.310. The van der Waals surface area contributed by atoms with E-state index < -0.39 is 10.0 Å². The highest BCUT2D eigenvalue weighted by molar-refractivity contribution is 7.89. The number of hydrogen-bond donors (Lipinski definition) is 0. The molecular formula is C14H24N4O3S. The quantitative estimate of drug-likeness (QED) is 0.779. The van der Waals surface area contributed by atoms with E-state index in [9.17, 15) is 8.42 Å². The van der Waals surface area contributed by atoms with Gasteiger partial charge in [0.25, 0.3) is 0 Å². The molecule has 0 radical (unpaired) electrons. The average Bonchev–Trinajstić information content (AvgIpc) is 2.55. The zero-order chi connectivity index (χ0) is 16.2. The zero-order valence-corrected chi connectivity index (χ0v) is 14.2. The van der Waals surface area contributed by atoms with E-state index in [1.165, 1.54) is 10.6 Å². The van der Waals surface area contributed by atoms with Crippen molar-refractivity contribution in [1.82, 2.24) is 14.3 Å². The Morgan fingerprint density at radius 3 is 2.59 bits per heavy atom. The van der Waals surface area contributed by atoms with E-state index in [-0.39, 0.29) is 11.8 Å². The molecule has 0 atom stereocenters. The van der Waals surface area contributed by atoms with Crippen LogP contribution in [0.5, 0.6) is 5.88 Å². The largest absolute Gasteiger partial charge is 0.478 e. The normalized spacial score (nSPS) is 17.0. The van der Waals surface area contributed by atoms with Crippen molar-refractivity contribution in [3.8, 4) is 5.88 Å². The molecule has 0 amide bonds. The number of hydrogen-bond acceptors (Lipinski definition) is 6. The fraction of sp³-hybridized carbons (Fsp3) is 0.714. The number of aromatic nitrogens is 2. The first kappa shape index (κ1) is 17.0. The topological polar surface area (TPSA) is 75.6 Å². The highest BCUT2D eigenvalue weighted by atomic mass is 32.2. The maximum absolute atomic E-state index is 11.9. The van der Waals surface area contributed by atoms with E-state index in [2.05, 4.69) is 14.9 Å². The second-order valence-corrected chi connectivity index (χ2v) is 7.60. The van der Waals surface area contributed by atoms with E-state index in [0.29, 0.717) is 12.5 Å². The maximum atomic E-state index is 11.9. The molecule has 8 heteroatoms. The van der Waals surface area contributed by atoms with Crippen LogP contribution in [0.3, 0.4) is 0 Å². The molecule has 1 fully saturated rings. The number of nitrogens with zero attached hydrogens (tertiary/aromatic N) is 4. The molecule has 22 heavy (non-hydrogen) atoms. The second kappa shape index (κ2) is 7.23. The van der Waals surface area contributed by atoms with Crippen molar-refractivity contribution in [3.63, 3.8) is 0 Å². The van der Waals surface area contributed by atoms with Crippen molar-refractivity contribution < 1.29 is 13.2 Å². The standard InChI is InChI=1S/C14H24N4O3S/c1-4-21-14-10-13(15-11-16-14)18-8-6-12(7-9-18)17(3)22(19,20)5-2/h10-12H,4-9H2,1-3H3. The van der Waals surface area contributed by atoms with Gasteiger partial charge in [-0.3, -0.25) is 0 Å². The first-order valence-electron chi connectivity index (χ1n) is 7.63. The Bertz CT molecular complexity index is 586. The summed E-state index contributed by atoms with van der Waals surface area (Å²) in [5, 5.41) is 0. The predicted molar refractivity (Wildman–Crippen MR) is 85.7 cm³/mol. The summed E-state index contributed by atoms with van der Waals surface area (Å²) in [7, 11) is -1.45. The molecule has 0 aliphatic carbocycles. The summed E-state index contributed by atoms with van der Waals surface area (Å²) < 4.78 is 30.8. The van der Waals surface area contributed by atoms with E-state index in [4.69, 9.17) is 4.74 Å². The van der Waals surface area contributed by atoms with E-state index in [1.807, 2.05) is 13.0 Å². The van der Waals surface area contributed by atoms with Gasteiger partial charge in [-0.05, 0) is 26.7 Å². The van der Waals surface area contributed by atoms with Gasteiger partial charge in [-0.1, -0.05) is 0 Å². The molecule has 1 aliphatic heterocycles. The summed E-state index contributed by atoms with van der Waals surface area (Å²) in [5.74, 6) is 1.55. The van der Waals surface area contributed by atoms with Crippen LogP contribution < -0.4 is 9.64 Å². The van der Waals surface area contributed by atoms with Gasteiger partial charge in [-0.2, -0.15) is 0 Å². The van der Waals surface area contributed by atoms with E-state index >= 15 is 0 Å². The molecule has 0 unspecified atom stereocenters. The highest BCUT2D eigenvalue weighted by Crippen LogP contribution is 2.23. The molecule has 1 saturated heterocycles. The summed E-state index contributed by atoms with van der Waals surface area (Å²) in [6.07, 6.45) is 3.09. The van der Waals surface area contributed by atoms with Crippen LogP contribution in [0.1, 0.15) is 26.7 Å². The number of rotatable bonds is 6. The smallest absolute Gasteiger partial charge is 0.218 e. The molecular weight excluding hydrogens is 304 g/mol. The number of sulfonamides is 1. The van der Waals surface area contributed by atoms with Crippen molar-refractivity contribution in [1.29, 1.82) is 0 Å². The van der Waals surface area contributed by atoms with Gasteiger partial charge in [0.1, 0.15) is 12.1 Å². The number of ether oxygens (including phenoxy) is 1. The molecule has 2 rings (SSSR count). The summed E-state index contributed by atoms with van der Waals surface area (Å²) in [6.45, 7) is 5.71. The van der Waals surface area contributed by atoms with E-state index in [0.717, 1.165) is 31.7 Å². The Labute approximate surface area is 132 Å². The summed E-state index contributed by atoms with van der Waals surface area (Å²) in [6, 6.07) is 1.89. The fourth-order valence-electron chi connectivity index (χ4n) is 2.62. The molecule has 0 bridgehead atoms. The molecule has 0 saturated carbocycles. The third-order valence-electron chi connectivity index (χ3n) is 4.03. The van der Waals surface area contributed by atoms with Gasteiger partial charge in [-0.15, -0.1) is 0 Å². The minimum absolute atomic E-state index is 0.0643. The third kappa shape index (κ3) is 3.86. The molecule has 0 N–H and O–H groups in total. The van der Waals surface area contributed by atoms with Crippen LogP contribution in [0.2, 0.25) is 0 Å². The molecule has 0 aromatic carbocycles. The van der Waals surface area contributed by atoms with Crippen LogP contribution in [-0.2, 0) is 10.0 Å². The third-order valence-corrected chi connectivity index (χ3v) is 5.93. The van der Waals surface area contributed by atoms with Crippen molar-refractivity contribution in [2.75, 3.05) is 37.4 Å². The Hall–Kier alpha value is -1.41. The SMILES string of the molecule is CCOc1cc(N2CCC(N(C)S(=O)(=O)CC)CC2)ncn1. The van der Waals surface area contributed by atoms with Gasteiger partial charge in [-0.25, -0.2) is 22.7 Å². The van der Waals surface area contributed by atoms with Crippen LogP contribution in [-0.4, -0.2) is 61.2 Å². The van der Waals surface area contributed by atoms with Crippen LogP contribution in [0.15, 0.2) is 12.4 Å². The van der Waals surface area contributed by atoms with Gasteiger partial charge in [0.15, 0.2) is 0 Å². The van der Waals surface area contributed by atoms with Gasteiger partial charge in [0.2, 0.25) is 15.9 Å². The average molecular weight is 328 g/mol. The molecule has 124 valence electrons. The lowest BCUT2D eigenvalue weighted by atomic mass is 10.1. The van der Waals surface area contributed by atoms with Crippen LogP contribution in [0.25, 0.3) is 0 Å². The molecule has 2 heterocycles. The van der Waals surface area contributed by atoms with Crippen molar-refractivity contribution in [2.45, 2.75) is 32.7 Å². The van der Waals surface area contributed by atoms with Gasteiger partial charge in [0, 0.05) is 32.2 Å². The Kier molecular flexibility index (Phi) is 5.57. The molecule has 0 spiro atoms. The zero-order valence-electron chi connectivity index (χ0n) is 13.4. The fourth-order valence-corrected chi connectivity index (χ4v) is 3.69. The minimum Gasteiger partial charge on any atom is -0.478 e. The lowest BCUT2D eigenvalue weighted by Crippen LogP contribution is -2.46. The first-order chi connectivity index (χ1) is 10.5. The van der Waals surface area contributed by atoms with Crippen molar-refractivity contribution in [3.05, 3.63) is 12.4 Å². The van der Waals surface area contributed by atoms with Gasteiger partial charge >= 0.3 is 0 Å². The van der Waals surface area contributed by atoms with Crippen molar-refractivity contribution in [2.24, 2.45) is 0 Å². The van der Waals surface area contributed by atoms with E-state index in [1.54, 1.807) is 14.0 Å². The lowest BCUT2D eigenvalue weighted by Gasteiger charge is -2.36. The first-order valence-corrected chi connectivity index (χ1v) is 9.24. The number of anilines is 1. The Morgan fingerprint density at radius 1 is 1.32 bits per heavy atom. The van der Waals surface area contributed by atoms with Crippen molar-refractivity contribution >= 4 is 15.8 Å². The number of piperidine rings is 1. The molecule has 1 aromatic rings. The molecule has 1 aliphatic rings. The molecule has 1 aromatic heterocycles. The summed E-state index contributed by atoms with van der Waals surface area (Å²) in [5.41, 5.74) is 0. The summed E-state index contributed by atoms with van der Waals surface area (Å²) >= 11 is 0. The Balaban J connectivity index is 1.99. The highest BCUT2D eigenvalue weighted by Gasteiger charge is 2.29.